The predicted molar refractivity (Wildman–Crippen MR) is 167 cm³/mol. The Kier molecular flexibility index (Phi) is 6.50. The zero-order chi connectivity index (χ0) is 27.6. The first-order chi connectivity index (χ1) is 20.2. The average molecular weight is 529 g/mol. The molecule has 0 fully saturated rings. The number of allylic oxidation sites excluding steroid dienone is 1. The van der Waals surface area contributed by atoms with Gasteiger partial charge in [0.1, 0.15) is 0 Å². The minimum Gasteiger partial charge on any atom is -0.261 e. The van der Waals surface area contributed by atoms with Gasteiger partial charge in [-0.15, -0.1) is 0 Å². The van der Waals surface area contributed by atoms with Crippen LogP contribution in [0.4, 0.5) is 0 Å². The summed E-state index contributed by atoms with van der Waals surface area (Å²) in [5, 5.41) is 0. The first kappa shape index (κ1) is 24.8. The van der Waals surface area contributed by atoms with Gasteiger partial charge in [-0.3, -0.25) is 4.98 Å². The lowest BCUT2D eigenvalue weighted by Crippen LogP contribution is -2.01. The van der Waals surface area contributed by atoms with Crippen molar-refractivity contribution in [3.05, 3.63) is 138 Å². The number of rotatable bonds is 5. The number of benzene rings is 4. The third-order valence-electron chi connectivity index (χ3n) is 7.58. The summed E-state index contributed by atoms with van der Waals surface area (Å²) >= 11 is 0. The van der Waals surface area contributed by atoms with Gasteiger partial charge in [-0.25, -0.2) is 15.0 Å². The highest BCUT2D eigenvalue weighted by molar-refractivity contribution is 5.85. The lowest BCUT2D eigenvalue weighted by molar-refractivity contribution is 0.986. The van der Waals surface area contributed by atoms with Crippen LogP contribution in [0.2, 0.25) is 0 Å². The van der Waals surface area contributed by atoms with Crippen molar-refractivity contribution in [2.75, 3.05) is 0 Å². The standard InChI is InChI=1S/C37H28N4/c1-25-32(20-11-21-38-25)29-22-30(34-19-10-17-26-12-8-9-18-33(26)34)24-31(23-29)37-40-35(27-13-4-2-5-14-27)39-36(41-37)28-15-6-3-7-16-28/h2-7,9-11,13-24H,8,12H2,1H3. The first-order valence-corrected chi connectivity index (χ1v) is 14.0. The van der Waals surface area contributed by atoms with Crippen molar-refractivity contribution >= 4 is 6.08 Å². The summed E-state index contributed by atoms with van der Waals surface area (Å²) in [5.74, 6) is 1.95. The Morgan fingerprint density at radius 3 is 1.78 bits per heavy atom. The second kappa shape index (κ2) is 10.7. The van der Waals surface area contributed by atoms with Crippen LogP contribution in [-0.4, -0.2) is 19.9 Å². The van der Waals surface area contributed by atoms with Crippen LogP contribution in [0.5, 0.6) is 0 Å². The minimum absolute atomic E-state index is 0.641. The van der Waals surface area contributed by atoms with E-state index < -0.39 is 0 Å². The molecule has 41 heavy (non-hydrogen) atoms. The van der Waals surface area contributed by atoms with Crippen LogP contribution in [0.25, 0.3) is 62.5 Å². The molecular formula is C37H28N4. The highest BCUT2D eigenvalue weighted by Crippen LogP contribution is 2.37. The number of aromatic nitrogens is 4. The maximum atomic E-state index is 5.03. The predicted octanol–water partition coefficient (Wildman–Crippen LogP) is 8.87. The Morgan fingerprint density at radius 2 is 1.12 bits per heavy atom. The monoisotopic (exact) mass is 528 g/mol. The number of pyridine rings is 1. The van der Waals surface area contributed by atoms with Crippen molar-refractivity contribution in [3.63, 3.8) is 0 Å². The molecule has 0 bridgehead atoms. The first-order valence-electron chi connectivity index (χ1n) is 14.0. The summed E-state index contributed by atoms with van der Waals surface area (Å²) < 4.78 is 0. The summed E-state index contributed by atoms with van der Waals surface area (Å²) in [6.07, 6.45) is 8.51. The maximum Gasteiger partial charge on any atom is 0.164 e. The SMILES string of the molecule is Cc1ncccc1-c1cc(-c2nc(-c3ccccc3)nc(-c3ccccc3)n2)cc(-c2cccc3c2C=CCC3)c1. The molecule has 0 saturated heterocycles. The fraction of sp³-hybridized carbons (Fsp3) is 0.0811. The van der Waals surface area contributed by atoms with Gasteiger partial charge in [0.15, 0.2) is 17.5 Å². The smallest absolute Gasteiger partial charge is 0.164 e. The van der Waals surface area contributed by atoms with Crippen LogP contribution in [0, 0.1) is 6.92 Å². The molecule has 7 rings (SSSR count). The fourth-order valence-corrected chi connectivity index (χ4v) is 5.51. The second-order valence-corrected chi connectivity index (χ2v) is 10.3. The van der Waals surface area contributed by atoms with E-state index >= 15 is 0 Å². The van der Waals surface area contributed by atoms with Gasteiger partial charge in [0.05, 0.1) is 0 Å². The molecule has 0 aliphatic heterocycles. The van der Waals surface area contributed by atoms with Crippen molar-refractivity contribution < 1.29 is 0 Å². The average Bonchev–Trinajstić information content (AvgIpc) is 3.05. The van der Waals surface area contributed by atoms with Gasteiger partial charge in [0.2, 0.25) is 0 Å². The molecule has 4 heteroatoms. The summed E-state index contributed by atoms with van der Waals surface area (Å²) in [7, 11) is 0. The zero-order valence-electron chi connectivity index (χ0n) is 22.8. The molecule has 4 nitrogen and oxygen atoms in total. The van der Waals surface area contributed by atoms with E-state index in [1.54, 1.807) is 0 Å². The van der Waals surface area contributed by atoms with Gasteiger partial charge in [-0.2, -0.15) is 0 Å². The quantitative estimate of drug-likeness (QED) is 0.224. The van der Waals surface area contributed by atoms with Crippen molar-refractivity contribution in [2.24, 2.45) is 0 Å². The van der Waals surface area contributed by atoms with Gasteiger partial charge in [0.25, 0.3) is 0 Å². The molecule has 1 aliphatic carbocycles. The largest absolute Gasteiger partial charge is 0.261 e. The summed E-state index contributed by atoms with van der Waals surface area (Å²) in [4.78, 5) is 19.5. The molecule has 0 saturated carbocycles. The van der Waals surface area contributed by atoms with E-state index in [4.69, 9.17) is 15.0 Å². The van der Waals surface area contributed by atoms with Crippen LogP contribution in [-0.2, 0) is 6.42 Å². The fourth-order valence-electron chi connectivity index (χ4n) is 5.51. The normalized spacial score (nSPS) is 12.2. The summed E-state index contributed by atoms with van der Waals surface area (Å²) in [6.45, 7) is 2.05. The third kappa shape index (κ3) is 4.96. The van der Waals surface area contributed by atoms with Gasteiger partial charge in [-0.1, -0.05) is 97.1 Å². The van der Waals surface area contributed by atoms with Crippen molar-refractivity contribution in [3.8, 4) is 56.4 Å². The van der Waals surface area contributed by atoms with E-state index in [2.05, 4.69) is 66.5 Å². The van der Waals surface area contributed by atoms with Crippen molar-refractivity contribution in [1.82, 2.24) is 19.9 Å². The Bertz CT molecular complexity index is 1830. The number of hydrogen-bond acceptors (Lipinski definition) is 4. The molecule has 4 aromatic carbocycles. The van der Waals surface area contributed by atoms with Crippen LogP contribution in [0.15, 0.2) is 121 Å². The van der Waals surface area contributed by atoms with Crippen LogP contribution >= 0.6 is 0 Å². The van der Waals surface area contributed by atoms with Crippen molar-refractivity contribution in [1.29, 1.82) is 0 Å². The van der Waals surface area contributed by atoms with Gasteiger partial charge in [0, 0.05) is 34.1 Å². The molecule has 0 spiro atoms. The lowest BCUT2D eigenvalue weighted by Gasteiger charge is -2.17. The van der Waals surface area contributed by atoms with Crippen LogP contribution in [0.1, 0.15) is 23.2 Å². The Morgan fingerprint density at radius 1 is 0.537 bits per heavy atom. The molecule has 196 valence electrons. The summed E-state index contributed by atoms with van der Waals surface area (Å²) in [5.41, 5.74) is 11.0. The molecule has 0 N–H and O–H groups in total. The zero-order valence-corrected chi connectivity index (χ0v) is 22.8. The van der Waals surface area contributed by atoms with E-state index in [1.807, 2.05) is 72.9 Å². The molecular weight excluding hydrogens is 500 g/mol. The topological polar surface area (TPSA) is 51.6 Å². The highest BCUT2D eigenvalue weighted by Gasteiger charge is 2.17. The Balaban J connectivity index is 1.48. The van der Waals surface area contributed by atoms with Crippen molar-refractivity contribution in [2.45, 2.75) is 19.8 Å². The molecule has 1 aliphatic rings. The minimum atomic E-state index is 0.641. The molecule has 0 unspecified atom stereocenters. The van der Waals surface area contributed by atoms with E-state index in [1.165, 1.54) is 16.7 Å². The highest BCUT2D eigenvalue weighted by atomic mass is 15.0. The number of aryl methyl sites for hydroxylation is 2. The number of nitrogens with zero attached hydrogens (tertiary/aromatic N) is 4. The molecule has 0 radical (unpaired) electrons. The van der Waals surface area contributed by atoms with Gasteiger partial charge >= 0.3 is 0 Å². The van der Waals surface area contributed by atoms with Gasteiger partial charge < -0.3 is 0 Å². The second-order valence-electron chi connectivity index (χ2n) is 10.3. The van der Waals surface area contributed by atoms with Crippen LogP contribution < -0.4 is 0 Å². The van der Waals surface area contributed by atoms with E-state index in [-0.39, 0.29) is 0 Å². The molecule has 2 aromatic heterocycles. The molecule has 2 heterocycles. The Hall–Kier alpha value is -5.22. The number of fused-ring (bicyclic) bond motifs is 1. The lowest BCUT2D eigenvalue weighted by atomic mass is 9.88. The number of hydrogen-bond donors (Lipinski definition) is 0. The third-order valence-corrected chi connectivity index (χ3v) is 7.58. The molecule has 0 atom stereocenters. The summed E-state index contributed by atoms with van der Waals surface area (Å²) in [6, 6.07) is 37.6. The molecule has 0 amide bonds. The van der Waals surface area contributed by atoms with E-state index in [0.29, 0.717) is 17.5 Å². The maximum absolute atomic E-state index is 5.03. The van der Waals surface area contributed by atoms with Gasteiger partial charge in [-0.05, 0) is 71.8 Å². The van der Waals surface area contributed by atoms with E-state index in [9.17, 15) is 0 Å². The molecule has 6 aromatic rings. The Labute approximate surface area is 240 Å². The van der Waals surface area contributed by atoms with Crippen LogP contribution in [0.3, 0.4) is 0 Å². The van der Waals surface area contributed by atoms with E-state index in [0.717, 1.165) is 51.9 Å².